The smallest absolute Gasteiger partial charge is 0.228 e. The molecule has 0 spiro atoms. The van der Waals surface area contributed by atoms with Gasteiger partial charge in [0.2, 0.25) is 15.0 Å². The predicted octanol–water partition coefficient (Wildman–Crippen LogP) is 0.905. The number of aryl methyl sites for hydroxylation is 1. The minimum Gasteiger partial charge on any atom is -0.390 e. The quantitative estimate of drug-likeness (QED) is 0.887. The summed E-state index contributed by atoms with van der Waals surface area (Å²) in [5.74, 6) is -0.167. The topological polar surface area (TPSA) is 85.1 Å². The van der Waals surface area contributed by atoms with Crippen LogP contribution in [-0.4, -0.2) is 28.1 Å². The van der Waals surface area contributed by atoms with E-state index in [9.17, 15) is 8.42 Å². The van der Waals surface area contributed by atoms with Crippen LogP contribution in [0.4, 0.5) is 0 Å². The average Bonchev–Trinajstić information content (AvgIpc) is 2.95. The minimum atomic E-state index is -3.54. The molecular weight excluding hydrogens is 286 g/mol. The zero-order chi connectivity index (χ0) is 14.0. The van der Waals surface area contributed by atoms with E-state index in [-0.39, 0.29) is 17.5 Å². The summed E-state index contributed by atoms with van der Waals surface area (Å²) in [6.07, 6.45) is 2.16. The number of sulfone groups is 1. The molecule has 0 aliphatic heterocycles. The van der Waals surface area contributed by atoms with Gasteiger partial charge in [-0.05, 0) is 6.42 Å². The van der Waals surface area contributed by atoms with Gasteiger partial charge in [-0.3, -0.25) is 0 Å². The Labute approximate surface area is 115 Å². The molecule has 0 amide bonds. The second kappa shape index (κ2) is 5.40. The average molecular weight is 301 g/mol. The third kappa shape index (κ3) is 2.85. The van der Waals surface area contributed by atoms with E-state index >= 15 is 0 Å². The molecule has 0 atom stereocenters. The maximum atomic E-state index is 12.2. The maximum absolute atomic E-state index is 12.2. The lowest BCUT2D eigenvalue weighted by Gasteiger charge is -2.04. The molecule has 0 radical (unpaired) electrons. The predicted molar refractivity (Wildman–Crippen MR) is 71.5 cm³/mol. The van der Waals surface area contributed by atoms with Gasteiger partial charge in [0.15, 0.2) is 0 Å². The summed E-state index contributed by atoms with van der Waals surface area (Å²) in [5.41, 5.74) is 1.00. The molecule has 2 heterocycles. The molecule has 0 unspecified atom stereocenters. The van der Waals surface area contributed by atoms with Gasteiger partial charge in [0.05, 0.1) is 29.2 Å². The summed E-state index contributed by atoms with van der Waals surface area (Å²) in [6.45, 7) is 1.74. The Kier molecular flexibility index (Phi) is 4.02. The highest BCUT2D eigenvalue weighted by molar-refractivity contribution is 7.90. The van der Waals surface area contributed by atoms with E-state index in [1.165, 1.54) is 22.1 Å². The largest absolute Gasteiger partial charge is 0.390 e. The molecule has 1 N–H and O–H groups in total. The molecule has 0 aliphatic carbocycles. The standard InChI is InChI=1S/C11H15N3O3S2/c1-3-10-13-8(6-18-10)7-19(16,17)11-12-4-9(5-15)14(11)2/h4,6,15H,3,5,7H2,1-2H3. The van der Waals surface area contributed by atoms with E-state index in [2.05, 4.69) is 9.97 Å². The van der Waals surface area contributed by atoms with E-state index in [4.69, 9.17) is 5.11 Å². The first-order chi connectivity index (χ1) is 8.97. The van der Waals surface area contributed by atoms with Gasteiger partial charge in [-0.15, -0.1) is 11.3 Å². The van der Waals surface area contributed by atoms with Crippen LogP contribution in [0.3, 0.4) is 0 Å². The summed E-state index contributed by atoms with van der Waals surface area (Å²) in [4.78, 5) is 8.12. The third-order valence-corrected chi connectivity index (χ3v) is 5.37. The Hall–Kier alpha value is -1.25. The van der Waals surface area contributed by atoms with Gasteiger partial charge < -0.3 is 9.67 Å². The molecule has 2 aromatic rings. The number of imidazole rings is 1. The minimum absolute atomic E-state index is 0.0393. The molecule has 8 heteroatoms. The first kappa shape index (κ1) is 14.2. The number of aliphatic hydroxyl groups excluding tert-OH is 1. The number of rotatable bonds is 5. The summed E-state index contributed by atoms with van der Waals surface area (Å²) >= 11 is 1.46. The lowest BCUT2D eigenvalue weighted by Crippen LogP contribution is -2.12. The van der Waals surface area contributed by atoms with Crippen molar-refractivity contribution in [2.24, 2.45) is 7.05 Å². The molecular formula is C11H15N3O3S2. The molecule has 6 nitrogen and oxygen atoms in total. The Morgan fingerprint density at radius 2 is 2.21 bits per heavy atom. The van der Waals surface area contributed by atoms with Crippen LogP contribution in [-0.2, 0) is 35.7 Å². The molecule has 0 aromatic carbocycles. The summed E-state index contributed by atoms with van der Waals surface area (Å²) in [5, 5.41) is 11.7. The van der Waals surface area contributed by atoms with Crippen LogP contribution in [0.25, 0.3) is 0 Å². The highest BCUT2D eigenvalue weighted by Crippen LogP contribution is 2.18. The zero-order valence-electron chi connectivity index (χ0n) is 10.7. The van der Waals surface area contributed by atoms with E-state index in [1.807, 2.05) is 6.92 Å². The van der Waals surface area contributed by atoms with E-state index in [0.717, 1.165) is 11.4 Å². The zero-order valence-corrected chi connectivity index (χ0v) is 12.3. The van der Waals surface area contributed by atoms with E-state index in [0.29, 0.717) is 11.4 Å². The molecule has 0 aliphatic rings. The number of hydrogen-bond acceptors (Lipinski definition) is 6. The van der Waals surface area contributed by atoms with Crippen LogP contribution in [0.1, 0.15) is 23.3 Å². The molecule has 0 saturated heterocycles. The van der Waals surface area contributed by atoms with Gasteiger partial charge >= 0.3 is 0 Å². The molecule has 19 heavy (non-hydrogen) atoms. The first-order valence-corrected chi connectivity index (χ1v) is 8.28. The molecule has 2 rings (SSSR count). The SMILES string of the molecule is CCc1nc(CS(=O)(=O)c2ncc(CO)n2C)cs1. The van der Waals surface area contributed by atoms with Crippen molar-refractivity contribution in [1.29, 1.82) is 0 Å². The van der Waals surface area contributed by atoms with Crippen LogP contribution in [0, 0.1) is 0 Å². The fourth-order valence-corrected chi connectivity index (χ4v) is 3.96. The Morgan fingerprint density at radius 3 is 2.74 bits per heavy atom. The van der Waals surface area contributed by atoms with Gasteiger partial charge in [0.25, 0.3) is 0 Å². The molecule has 0 bridgehead atoms. The number of aromatic nitrogens is 3. The van der Waals surface area contributed by atoms with Crippen LogP contribution in [0.5, 0.6) is 0 Å². The summed E-state index contributed by atoms with van der Waals surface area (Å²) < 4.78 is 25.9. The Balaban J connectivity index is 2.29. The highest BCUT2D eigenvalue weighted by atomic mass is 32.2. The third-order valence-electron chi connectivity index (χ3n) is 2.72. The van der Waals surface area contributed by atoms with Gasteiger partial charge in [0, 0.05) is 12.4 Å². The van der Waals surface area contributed by atoms with Gasteiger partial charge in [0.1, 0.15) is 5.75 Å². The summed E-state index contributed by atoms with van der Waals surface area (Å²) in [6, 6.07) is 0. The number of aliphatic hydroxyl groups is 1. The fourth-order valence-electron chi connectivity index (χ4n) is 1.70. The summed E-state index contributed by atoms with van der Waals surface area (Å²) in [7, 11) is -1.97. The van der Waals surface area contributed by atoms with E-state index in [1.54, 1.807) is 12.4 Å². The molecule has 0 fully saturated rings. The fraction of sp³-hybridized carbons (Fsp3) is 0.455. The number of nitrogens with zero attached hydrogens (tertiary/aromatic N) is 3. The Bertz CT molecular complexity index is 673. The normalized spacial score (nSPS) is 11.9. The van der Waals surface area contributed by atoms with Gasteiger partial charge in [-0.2, -0.15) is 0 Å². The first-order valence-electron chi connectivity index (χ1n) is 5.75. The van der Waals surface area contributed by atoms with E-state index < -0.39 is 9.84 Å². The van der Waals surface area contributed by atoms with Crippen molar-refractivity contribution >= 4 is 21.2 Å². The van der Waals surface area contributed by atoms with Gasteiger partial charge in [-0.1, -0.05) is 6.92 Å². The second-order valence-electron chi connectivity index (χ2n) is 4.09. The molecule has 104 valence electrons. The lowest BCUT2D eigenvalue weighted by atomic mass is 10.5. The Morgan fingerprint density at radius 1 is 1.47 bits per heavy atom. The molecule has 0 saturated carbocycles. The van der Waals surface area contributed by atoms with Gasteiger partial charge in [-0.25, -0.2) is 18.4 Å². The van der Waals surface area contributed by atoms with Crippen molar-refractivity contribution in [3.63, 3.8) is 0 Å². The van der Waals surface area contributed by atoms with Crippen LogP contribution < -0.4 is 0 Å². The lowest BCUT2D eigenvalue weighted by molar-refractivity contribution is 0.271. The van der Waals surface area contributed by atoms with Crippen molar-refractivity contribution in [2.45, 2.75) is 30.9 Å². The number of thiazole rings is 1. The monoisotopic (exact) mass is 301 g/mol. The molecule has 2 aromatic heterocycles. The van der Waals surface area contributed by atoms with Crippen LogP contribution in [0.15, 0.2) is 16.7 Å². The van der Waals surface area contributed by atoms with Crippen molar-refractivity contribution < 1.29 is 13.5 Å². The van der Waals surface area contributed by atoms with Crippen molar-refractivity contribution in [2.75, 3.05) is 0 Å². The number of hydrogen-bond donors (Lipinski definition) is 1. The maximum Gasteiger partial charge on any atom is 0.228 e. The van der Waals surface area contributed by atoms with Crippen LogP contribution in [0.2, 0.25) is 0 Å². The van der Waals surface area contributed by atoms with Crippen LogP contribution >= 0.6 is 11.3 Å². The van der Waals surface area contributed by atoms with Crippen molar-refractivity contribution in [3.05, 3.63) is 28.0 Å². The second-order valence-corrected chi connectivity index (χ2v) is 6.92. The highest BCUT2D eigenvalue weighted by Gasteiger charge is 2.23. The van der Waals surface area contributed by atoms with Crippen molar-refractivity contribution in [3.8, 4) is 0 Å². The van der Waals surface area contributed by atoms with Crippen molar-refractivity contribution in [1.82, 2.24) is 14.5 Å².